The number of rotatable bonds is 5. The molecule has 1 unspecified atom stereocenters. The molecule has 90 valence electrons. The van der Waals surface area contributed by atoms with E-state index in [1.165, 1.54) is 0 Å². The Labute approximate surface area is 95.3 Å². The molecule has 2 fully saturated rings. The van der Waals surface area contributed by atoms with Crippen LogP contribution in [0.25, 0.3) is 0 Å². The number of hydrogen-bond acceptors (Lipinski definition) is 3. The minimum atomic E-state index is -0.0495. The van der Waals surface area contributed by atoms with Crippen molar-refractivity contribution < 1.29 is 9.59 Å². The van der Waals surface area contributed by atoms with Gasteiger partial charge in [0, 0.05) is 19.0 Å². The fraction of sp³-hybridized carbons (Fsp3) is 0.818. The highest BCUT2D eigenvalue weighted by atomic mass is 16.2. The van der Waals surface area contributed by atoms with Crippen LogP contribution in [0, 0.1) is 0 Å². The molecular weight excluding hydrogens is 206 g/mol. The Balaban J connectivity index is 1.55. The zero-order chi connectivity index (χ0) is 11.4. The van der Waals surface area contributed by atoms with Gasteiger partial charge in [-0.1, -0.05) is 0 Å². The summed E-state index contributed by atoms with van der Waals surface area (Å²) in [6.45, 7) is 1.36. The van der Waals surface area contributed by atoms with Gasteiger partial charge >= 0.3 is 0 Å². The van der Waals surface area contributed by atoms with Gasteiger partial charge in [0.1, 0.15) is 0 Å². The molecule has 5 heteroatoms. The molecule has 2 aliphatic rings. The number of carbonyl (C=O) groups is 2. The summed E-state index contributed by atoms with van der Waals surface area (Å²) in [5.74, 6) is 0.0684. The van der Waals surface area contributed by atoms with Gasteiger partial charge in [-0.3, -0.25) is 9.59 Å². The van der Waals surface area contributed by atoms with Gasteiger partial charge in [-0.2, -0.15) is 0 Å². The van der Waals surface area contributed by atoms with Crippen LogP contribution < -0.4 is 16.0 Å². The van der Waals surface area contributed by atoms with E-state index < -0.39 is 0 Å². The van der Waals surface area contributed by atoms with Crippen molar-refractivity contribution in [2.24, 2.45) is 0 Å². The van der Waals surface area contributed by atoms with E-state index in [9.17, 15) is 9.59 Å². The van der Waals surface area contributed by atoms with Crippen LogP contribution in [0.1, 0.15) is 32.1 Å². The Hall–Kier alpha value is -1.10. The molecule has 0 spiro atoms. The van der Waals surface area contributed by atoms with Crippen LogP contribution in [-0.2, 0) is 9.59 Å². The first-order valence-corrected chi connectivity index (χ1v) is 6.06. The van der Waals surface area contributed by atoms with Crippen LogP contribution in [0.2, 0.25) is 0 Å². The first-order chi connectivity index (χ1) is 7.75. The van der Waals surface area contributed by atoms with Gasteiger partial charge in [-0.05, 0) is 32.2 Å². The molecular formula is C11H19N3O2. The van der Waals surface area contributed by atoms with Gasteiger partial charge < -0.3 is 16.0 Å². The lowest BCUT2D eigenvalue weighted by Gasteiger charge is -2.10. The molecule has 2 rings (SSSR count). The highest BCUT2D eigenvalue weighted by Crippen LogP contribution is 2.18. The van der Waals surface area contributed by atoms with E-state index in [0.717, 1.165) is 32.2 Å². The molecule has 16 heavy (non-hydrogen) atoms. The second kappa shape index (κ2) is 5.30. The third-order valence-corrected chi connectivity index (χ3v) is 2.97. The second-order valence-electron chi connectivity index (χ2n) is 4.53. The van der Waals surface area contributed by atoms with Crippen molar-refractivity contribution >= 4 is 11.8 Å². The molecule has 0 radical (unpaired) electrons. The van der Waals surface area contributed by atoms with E-state index in [1.54, 1.807) is 0 Å². The standard InChI is InChI=1S/C11H19N3O2/c15-10(14-8-3-4-8)5-7-13-11(16)9-2-1-6-12-9/h8-9,12H,1-7H2,(H,13,16)(H,14,15). The molecule has 3 N–H and O–H groups in total. The third-order valence-electron chi connectivity index (χ3n) is 2.97. The van der Waals surface area contributed by atoms with Crippen LogP contribution in [0.3, 0.4) is 0 Å². The van der Waals surface area contributed by atoms with Crippen LogP contribution in [0.5, 0.6) is 0 Å². The Morgan fingerprint density at radius 3 is 2.69 bits per heavy atom. The maximum atomic E-state index is 11.6. The minimum absolute atomic E-state index is 0.0247. The van der Waals surface area contributed by atoms with E-state index in [-0.39, 0.29) is 17.9 Å². The smallest absolute Gasteiger partial charge is 0.237 e. The normalized spacial score (nSPS) is 24.1. The SMILES string of the molecule is O=C(CCNC(=O)C1CCCN1)NC1CC1. The zero-order valence-corrected chi connectivity index (χ0v) is 9.42. The number of amides is 2. The molecule has 1 heterocycles. The lowest BCUT2D eigenvalue weighted by Crippen LogP contribution is -2.41. The van der Waals surface area contributed by atoms with Gasteiger partial charge in [0.05, 0.1) is 6.04 Å². The second-order valence-corrected chi connectivity index (χ2v) is 4.53. The van der Waals surface area contributed by atoms with Gasteiger partial charge in [-0.25, -0.2) is 0 Å². The lowest BCUT2D eigenvalue weighted by atomic mass is 10.2. The van der Waals surface area contributed by atoms with Crippen molar-refractivity contribution in [1.82, 2.24) is 16.0 Å². The van der Waals surface area contributed by atoms with Crippen molar-refractivity contribution in [3.63, 3.8) is 0 Å². The molecule has 2 amide bonds. The van der Waals surface area contributed by atoms with Crippen LogP contribution in [0.4, 0.5) is 0 Å². The summed E-state index contributed by atoms with van der Waals surface area (Å²) in [6.07, 6.45) is 4.55. The van der Waals surface area contributed by atoms with Crippen molar-refractivity contribution in [2.75, 3.05) is 13.1 Å². The molecule has 0 aromatic carbocycles. The molecule has 5 nitrogen and oxygen atoms in total. The van der Waals surface area contributed by atoms with Crippen molar-refractivity contribution in [3.8, 4) is 0 Å². The first-order valence-electron chi connectivity index (χ1n) is 6.06. The highest BCUT2D eigenvalue weighted by Gasteiger charge is 2.24. The predicted molar refractivity (Wildman–Crippen MR) is 59.8 cm³/mol. The minimum Gasteiger partial charge on any atom is -0.354 e. The Bertz CT molecular complexity index is 270. The van der Waals surface area contributed by atoms with E-state index >= 15 is 0 Å². The van der Waals surface area contributed by atoms with E-state index in [2.05, 4.69) is 16.0 Å². The van der Waals surface area contributed by atoms with E-state index in [1.807, 2.05) is 0 Å². The summed E-state index contributed by atoms with van der Waals surface area (Å²) in [6, 6.07) is 0.353. The van der Waals surface area contributed by atoms with E-state index in [0.29, 0.717) is 19.0 Å². The molecule has 1 aliphatic carbocycles. The molecule has 0 aromatic heterocycles. The lowest BCUT2D eigenvalue weighted by molar-refractivity contribution is -0.123. The van der Waals surface area contributed by atoms with Crippen molar-refractivity contribution in [3.05, 3.63) is 0 Å². The molecule has 1 saturated heterocycles. The number of hydrogen-bond donors (Lipinski definition) is 3. The fourth-order valence-corrected chi connectivity index (χ4v) is 1.86. The summed E-state index contributed by atoms with van der Waals surface area (Å²) < 4.78 is 0. The third kappa shape index (κ3) is 3.48. The van der Waals surface area contributed by atoms with Gasteiger partial charge in [-0.15, -0.1) is 0 Å². The fourth-order valence-electron chi connectivity index (χ4n) is 1.86. The molecule has 1 aliphatic heterocycles. The van der Waals surface area contributed by atoms with Crippen LogP contribution in [0.15, 0.2) is 0 Å². The monoisotopic (exact) mass is 225 g/mol. The number of nitrogens with one attached hydrogen (secondary N) is 3. The van der Waals surface area contributed by atoms with Crippen molar-refractivity contribution in [2.45, 2.75) is 44.2 Å². The summed E-state index contributed by atoms with van der Waals surface area (Å²) >= 11 is 0. The van der Waals surface area contributed by atoms with Crippen molar-refractivity contribution in [1.29, 1.82) is 0 Å². The summed E-state index contributed by atoms with van der Waals surface area (Å²) in [5, 5.41) is 8.80. The summed E-state index contributed by atoms with van der Waals surface area (Å²) in [4.78, 5) is 22.9. The molecule has 1 atom stereocenters. The topological polar surface area (TPSA) is 70.2 Å². The van der Waals surface area contributed by atoms with E-state index in [4.69, 9.17) is 0 Å². The summed E-state index contributed by atoms with van der Waals surface area (Å²) in [7, 11) is 0. The Morgan fingerprint density at radius 2 is 2.06 bits per heavy atom. The summed E-state index contributed by atoms with van der Waals surface area (Å²) in [5.41, 5.74) is 0. The van der Waals surface area contributed by atoms with Gasteiger partial charge in [0.15, 0.2) is 0 Å². The largest absolute Gasteiger partial charge is 0.354 e. The Morgan fingerprint density at radius 1 is 1.25 bits per heavy atom. The Kier molecular flexibility index (Phi) is 3.77. The van der Waals surface area contributed by atoms with Gasteiger partial charge in [0.25, 0.3) is 0 Å². The average molecular weight is 225 g/mol. The molecule has 0 aromatic rings. The highest BCUT2D eigenvalue weighted by molar-refractivity contribution is 5.83. The van der Waals surface area contributed by atoms with Crippen LogP contribution in [-0.4, -0.2) is 37.0 Å². The first kappa shape index (κ1) is 11.4. The maximum Gasteiger partial charge on any atom is 0.237 e. The predicted octanol–water partition coefficient (Wildman–Crippen LogP) is -0.477. The zero-order valence-electron chi connectivity index (χ0n) is 9.42. The van der Waals surface area contributed by atoms with Gasteiger partial charge in [0.2, 0.25) is 11.8 Å². The molecule has 1 saturated carbocycles. The molecule has 0 bridgehead atoms. The van der Waals surface area contributed by atoms with Crippen LogP contribution >= 0.6 is 0 Å². The average Bonchev–Trinajstić information content (AvgIpc) is 2.90. The number of carbonyl (C=O) groups excluding carboxylic acids is 2. The quantitative estimate of drug-likeness (QED) is 0.592. The maximum absolute atomic E-state index is 11.6.